The van der Waals surface area contributed by atoms with E-state index in [1.165, 1.54) is 35.3 Å². The lowest BCUT2D eigenvalue weighted by atomic mass is 9.91. The van der Waals surface area contributed by atoms with Crippen LogP contribution >= 0.6 is 0 Å². The van der Waals surface area contributed by atoms with Crippen LogP contribution in [0.3, 0.4) is 0 Å². The van der Waals surface area contributed by atoms with E-state index in [0.717, 1.165) is 19.8 Å². The fourth-order valence-corrected chi connectivity index (χ4v) is 2.24. The van der Waals surface area contributed by atoms with Crippen LogP contribution in [0.1, 0.15) is 12.8 Å². The van der Waals surface area contributed by atoms with E-state index < -0.39 is 0 Å². The second kappa shape index (κ2) is 2.74. The van der Waals surface area contributed by atoms with Gasteiger partial charge in [-0.1, -0.05) is 12.2 Å². The van der Waals surface area contributed by atoms with Gasteiger partial charge in [0.2, 0.25) is 0 Å². The van der Waals surface area contributed by atoms with E-state index in [9.17, 15) is 0 Å². The van der Waals surface area contributed by atoms with Crippen molar-refractivity contribution in [3.05, 3.63) is 34.6 Å². The number of dihydropyridines is 1. The molecule has 0 spiro atoms. The number of hydrogen-bond acceptors (Lipinski definition) is 2. The number of hydrogen-bond donors (Lipinski definition) is 1. The summed E-state index contributed by atoms with van der Waals surface area (Å²) in [5.74, 6) is 0. The van der Waals surface area contributed by atoms with Crippen molar-refractivity contribution in [1.29, 1.82) is 0 Å². The summed E-state index contributed by atoms with van der Waals surface area (Å²) in [7, 11) is 0. The van der Waals surface area contributed by atoms with Crippen LogP contribution in [0.25, 0.3) is 0 Å². The topological polar surface area (TPSA) is 21.3 Å². The van der Waals surface area contributed by atoms with Crippen LogP contribution in [0.15, 0.2) is 34.6 Å². The number of rotatable bonds is 0. The Morgan fingerprint density at radius 3 is 3.31 bits per heavy atom. The van der Waals surface area contributed by atoms with Crippen molar-refractivity contribution in [1.82, 2.24) is 5.32 Å². The van der Waals surface area contributed by atoms with Gasteiger partial charge in [0.1, 0.15) is 0 Å². The fraction of sp³-hybridized carbons (Fsp3) is 0.455. The second-order valence-electron chi connectivity index (χ2n) is 3.76. The van der Waals surface area contributed by atoms with Gasteiger partial charge in [-0.25, -0.2) is 0 Å². The van der Waals surface area contributed by atoms with E-state index in [1.807, 2.05) is 0 Å². The Kier molecular flexibility index (Phi) is 1.56. The average Bonchev–Trinajstić information content (AvgIpc) is 2.65. The molecule has 0 aromatic carbocycles. The minimum atomic E-state index is 0.820. The molecule has 0 radical (unpaired) electrons. The lowest BCUT2D eigenvalue weighted by molar-refractivity contribution is 0.205. The van der Waals surface area contributed by atoms with Crippen LogP contribution in [0, 0.1) is 0 Å². The van der Waals surface area contributed by atoms with Gasteiger partial charge in [-0.3, -0.25) is 0 Å². The Balaban J connectivity index is 2.06. The first-order valence-corrected chi connectivity index (χ1v) is 4.88. The zero-order chi connectivity index (χ0) is 8.67. The summed E-state index contributed by atoms with van der Waals surface area (Å²) in [6, 6.07) is 0. The van der Waals surface area contributed by atoms with Gasteiger partial charge < -0.3 is 10.1 Å². The van der Waals surface area contributed by atoms with Crippen molar-refractivity contribution < 1.29 is 4.74 Å². The molecule has 0 bridgehead atoms. The highest BCUT2D eigenvalue weighted by Gasteiger charge is 2.24. The van der Waals surface area contributed by atoms with Crippen LogP contribution in [0.5, 0.6) is 0 Å². The Bertz CT molecular complexity index is 336. The molecular weight excluding hydrogens is 162 g/mol. The molecule has 1 aliphatic carbocycles. The van der Waals surface area contributed by atoms with E-state index in [1.54, 1.807) is 0 Å². The standard InChI is InChI=1S/C11H13NO/c1-2-4-11-9(3-1)10-7-13-6-8(10)5-12-11/h1,3,12H,2,4-7H2. The molecule has 0 aromatic heterocycles. The summed E-state index contributed by atoms with van der Waals surface area (Å²) >= 11 is 0. The quantitative estimate of drug-likeness (QED) is 0.602. The number of allylic oxidation sites excluding steroid dienone is 3. The first-order valence-electron chi connectivity index (χ1n) is 4.88. The van der Waals surface area contributed by atoms with Crippen molar-refractivity contribution in [2.75, 3.05) is 19.8 Å². The minimum Gasteiger partial charge on any atom is -0.384 e. The molecule has 2 aliphatic heterocycles. The van der Waals surface area contributed by atoms with Gasteiger partial charge in [0.25, 0.3) is 0 Å². The van der Waals surface area contributed by atoms with Crippen molar-refractivity contribution in [2.24, 2.45) is 0 Å². The van der Waals surface area contributed by atoms with Crippen LogP contribution in [0.4, 0.5) is 0 Å². The maximum atomic E-state index is 5.46. The molecule has 2 heteroatoms. The molecule has 0 atom stereocenters. The predicted molar refractivity (Wildman–Crippen MR) is 51.2 cm³/mol. The molecule has 68 valence electrons. The normalized spacial score (nSPS) is 25.8. The summed E-state index contributed by atoms with van der Waals surface area (Å²) in [6.07, 6.45) is 6.85. The molecule has 2 nitrogen and oxygen atoms in total. The molecule has 1 N–H and O–H groups in total. The van der Waals surface area contributed by atoms with Gasteiger partial charge in [-0.15, -0.1) is 0 Å². The highest BCUT2D eigenvalue weighted by atomic mass is 16.5. The SMILES string of the molecule is C1=CC2=C(CC1)NCC1=C2COC1. The van der Waals surface area contributed by atoms with Gasteiger partial charge in [0.15, 0.2) is 0 Å². The second-order valence-corrected chi connectivity index (χ2v) is 3.76. The molecule has 0 saturated heterocycles. The maximum absolute atomic E-state index is 5.46. The molecular formula is C11H13NO. The van der Waals surface area contributed by atoms with Gasteiger partial charge in [0.05, 0.1) is 13.2 Å². The van der Waals surface area contributed by atoms with Gasteiger partial charge >= 0.3 is 0 Å². The zero-order valence-corrected chi connectivity index (χ0v) is 7.60. The highest BCUT2D eigenvalue weighted by molar-refractivity contribution is 5.51. The van der Waals surface area contributed by atoms with Gasteiger partial charge in [-0.2, -0.15) is 0 Å². The van der Waals surface area contributed by atoms with Crippen molar-refractivity contribution in [2.45, 2.75) is 12.8 Å². The van der Waals surface area contributed by atoms with Crippen LogP contribution in [-0.4, -0.2) is 19.8 Å². The molecule has 0 unspecified atom stereocenters. The van der Waals surface area contributed by atoms with Gasteiger partial charge in [-0.05, 0) is 29.6 Å². The molecule has 0 fully saturated rings. The molecule has 13 heavy (non-hydrogen) atoms. The molecule has 2 heterocycles. The van der Waals surface area contributed by atoms with Crippen LogP contribution in [0.2, 0.25) is 0 Å². The lowest BCUT2D eigenvalue weighted by Gasteiger charge is -2.24. The Morgan fingerprint density at radius 1 is 1.31 bits per heavy atom. The number of nitrogens with one attached hydrogen (secondary N) is 1. The van der Waals surface area contributed by atoms with E-state index in [2.05, 4.69) is 17.5 Å². The molecule has 0 saturated carbocycles. The van der Waals surface area contributed by atoms with Crippen molar-refractivity contribution >= 4 is 0 Å². The minimum absolute atomic E-state index is 0.820. The monoisotopic (exact) mass is 175 g/mol. The summed E-state index contributed by atoms with van der Waals surface area (Å²) in [4.78, 5) is 0. The van der Waals surface area contributed by atoms with E-state index in [0.29, 0.717) is 0 Å². The van der Waals surface area contributed by atoms with Crippen LogP contribution < -0.4 is 5.32 Å². The number of fused-ring (bicyclic) bond motifs is 1. The fourth-order valence-electron chi connectivity index (χ4n) is 2.24. The Hall–Kier alpha value is -1.02. The average molecular weight is 175 g/mol. The predicted octanol–water partition coefficient (Wildman–Crippen LogP) is 1.52. The zero-order valence-electron chi connectivity index (χ0n) is 7.60. The summed E-state index contributed by atoms with van der Waals surface area (Å²) in [6.45, 7) is 2.65. The highest BCUT2D eigenvalue weighted by Crippen LogP contribution is 2.31. The third kappa shape index (κ3) is 1.05. The largest absolute Gasteiger partial charge is 0.384 e. The first kappa shape index (κ1) is 7.39. The van der Waals surface area contributed by atoms with Gasteiger partial charge in [0, 0.05) is 12.2 Å². The molecule has 3 rings (SSSR count). The summed E-state index contributed by atoms with van der Waals surface area (Å²) in [5.41, 5.74) is 5.73. The Labute approximate surface area is 78.0 Å². The van der Waals surface area contributed by atoms with E-state index in [-0.39, 0.29) is 0 Å². The van der Waals surface area contributed by atoms with Crippen LogP contribution in [-0.2, 0) is 4.74 Å². The maximum Gasteiger partial charge on any atom is 0.0728 e. The van der Waals surface area contributed by atoms with E-state index >= 15 is 0 Å². The third-order valence-corrected chi connectivity index (χ3v) is 2.96. The molecule has 0 amide bonds. The molecule has 0 aromatic rings. The third-order valence-electron chi connectivity index (χ3n) is 2.96. The van der Waals surface area contributed by atoms with E-state index in [4.69, 9.17) is 4.74 Å². The smallest absolute Gasteiger partial charge is 0.0728 e. The number of ether oxygens (including phenoxy) is 1. The summed E-state index contributed by atoms with van der Waals surface area (Å²) in [5, 5.41) is 3.48. The van der Waals surface area contributed by atoms with Crippen molar-refractivity contribution in [3.63, 3.8) is 0 Å². The lowest BCUT2D eigenvalue weighted by Crippen LogP contribution is -2.25. The Morgan fingerprint density at radius 2 is 2.31 bits per heavy atom. The first-order chi connectivity index (χ1) is 6.45. The molecule has 3 aliphatic rings. The van der Waals surface area contributed by atoms with Crippen molar-refractivity contribution in [3.8, 4) is 0 Å². The summed E-state index contributed by atoms with van der Waals surface area (Å²) < 4.78 is 5.46.